The lowest BCUT2D eigenvalue weighted by Gasteiger charge is -2.21. The van der Waals surface area contributed by atoms with Crippen LogP contribution in [0.1, 0.15) is 22.8 Å². The molecule has 1 aromatic heterocycles. The van der Waals surface area contributed by atoms with Crippen LogP contribution in [0.4, 0.5) is 10.2 Å². The van der Waals surface area contributed by atoms with Crippen LogP contribution in [0.25, 0.3) is 0 Å². The molecule has 0 bridgehead atoms. The van der Waals surface area contributed by atoms with Crippen LogP contribution in [0.5, 0.6) is 0 Å². The van der Waals surface area contributed by atoms with E-state index < -0.39 is 5.82 Å². The van der Waals surface area contributed by atoms with Crippen molar-refractivity contribution in [1.29, 1.82) is 0 Å². The normalized spacial score (nSPS) is 10.2. The summed E-state index contributed by atoms with van der Waals surface area (Å²) in [6.07, 6.45) is 1.43. The third-order valence-corrected chi connectivity index (χ3v) is 3.24. The smallest absolute Gasteiger partial charge is 0.257 e. The number of rotatable bonds is 5. The van der Waals surface area contributed by atoms with E-state index >= 15 is 0 Å². The Morgan fingerprint density at radius 2 is 2.00 bits per heavy atom. The maximum absolute atomic E-state index is 14.2. The molecule has 2 aromatic rings. The summed E-state index contributed by atoms with van der Waals surface area (Å²) in [6.45, 7) is 2.83. The average Bonchev–Trinajstić information content (AvgIpc) is 2.53. The van der Waals surface area contributed by atoms with Gasteiger partial charge in [-0.1, -0.05) is 30.3 Å². The molecule has 0 unspecified atom stereocenters. The van der Waals surface area contributed by atoms with Crippen molar-refractivity contribution in [1.82, 2.24) is 9.88 Å². The number of nitrogens with zero attached hydrogens (tertiary/aromatic N) is 2. The van der Waals surface area contributed by atoms with Crippen molar-refractivity contribution in [2.75, 3.05) is 18.9 Å². The molecule has 0 atom stereocenters. The van der Waals surface area contributed by atoms with Crippen LogP contribution in [0.2, 0.25) is 0 Å². The Balaban J connectivity index is 2.24. The molecule has 5 heteroatoms. The lowest BCUT2D eigenvalue weighted by atomic mass is 10.1. The van der Waals surface area contributed by atoms with Crippen LogP contribution in [0, 0.1) is 5.82 Å². The number of anilines is 1. The van der Waals surface area contributed by atoms with Gasteiger partial charge in [-0.3, -0.25) is 4.79 Å². The predicted molar refractivity (Wildman–Crippen MR) is 80.6 cm³/mol. The van der Waals surface area contributed by atoms with E-state index in [-0.39, 0.29) is 17.3 Å². The lowest BCUT2D eigenvalue weighted by Crippen LogP contribution is -2.31. The number of carbonyl (C=O) groups is 1. The molecule has 1 aromatic carbocycles. The second-order valence-electron chi connectivity index (χ2n) is 4.58. The highest BCUT2D eigenvalue weighted by atomic mass is 19.1. The van der Waals surface area contributed by atoms with Gasteiger partial charge in [0.2, 0.25) is 0 Å². The van der Waals surface area contributed by atoms with E-state index in [1.54, 1.807) is 11.9 Å². The topological polar surface area (TPSA) is 45.2 Å². The first-order valence-electron chi connectivity index (χ1n) is 6.82. The maximum atomic E-state index is 14.2. The molecule has 0 fully saturated rings. The second kappa shape index (κ2) is 6.83. The SMILES string of the molecule is CCN(Cc1ccccc1)C(=O)c1ccnc(NC)c1F. The summed E-state index contributed by atoms with van der Waals surface area (Å²) in [7, 11) is 1.57. The summed E-state index contributed by atoms with van der Waals surface area (Å²) in [5.74, 6) is -0.870. The summed E-state index contributed by atoms with van der Waals surface area (Å²) < 4.78 is 14.2. The fourth-order valence-corrected chi connectivity index (χ4v) is 2.08. The van der Waals surface area contributed by atoms with Crippen LogP contribution in [-0.4, -0.2) is 29.4 Å². The van der Waals surface area contributed by atoms with Gasteiger partial charge < -0.3 is 10.2 Å². The number of aromatic nitrogens is 1. The van der Waals surface area contributed by atoms with Gasteiger partial charge in [0.15, 0.2) is 11.6 Å². The minimum Gasteiger partial charge on any atom is -0.371 e. The molecular weight excluding hydrogens is 269 g/mol. The molecule has 4 nitrogen and oxygen atoms in total. The second-order valence-corrected chi connectivity index (χ2v) is 4.58. The van der Waals surface area contributed by atoms with Gasteiger partial charge >= 0.3 is 0 Å². The summed E-state index contributed by atoms with van der Waals surface area (Å²) in [6, 6.07) is 11.0. The number of pyridine rings is 1. The molecule has 1 N–H and O–H groups in total. The zero-order valence-corrected chi connectivity index (χ0v) is 12.1. The van der Waals surface area contributed by atoms with E-state index in [2.05, 4.69) is 10.3 Å². The van der Waals surface area contributed by atoms with E-state index in [4.69, 9.17) is 0 Å². The third-order valence-electron chi connectivity index (χ3n) is 3.24. The monoisotopic (exact) mass is 287 g/mol. The molecule has 1 heterocycles. The summed E-state index contributed by atoms with van der Waals surface area (Å²) >= 11 is 0. The Labute approximate surface area is 123 Å². The summed E-state index contributed by atoms with van der Waals surface area (Å²) in [5, 5.41) is 2.64. The minimum absolute atomic E-state index is 0.0344. The lowest BCUT2D eigenvalue weighted by molar-refractivity contribution is 0.0748. The zero-order chi connectivity index (χ0) is 15.2. The number of nitrogens with one attached hydrogen (secondary N) is 1. The largest absolute Gasteiger partial charge is 0.371 e. The molecule has 0 saturated heterocycles. The number of halogens is 1. The highest BCUT2D eigenvalue weighted by molar-refractivity contribution is 5.95. The first kappa shape index (κ1) is 15.0. The Kier molecular flexibility index (Phi) is 4.87. The standard InChI is InChI=1S/C16H18FN3O/c1-3-20(11-12-7-5-4-6-8-12)16(21)13-9-10-19-15(18-2)14(13)17/h4-10H,3,11H2,1-2H3,(H,18,19). The van der Waals surface area contributed by atoms with E-state index in [0.29, 0.717) is 13.1 Å². The van der Waals surface area contributed by atoms with Crippen molar-refractivity contribution in [2.45, 2.75) is 13.5 Å². The van der Waals surface area contributed by atoms with Gasteiger partial charge in [0.25, 0.3) is 5.91 Å². The fourth-order valence-electron chi connectivity index (χ4n) is 2.08. The molecule has 21 heavy (non-hydrogen) atoms. The number of benzene rings is 1. The molecule has 0 radical (unpaired) electrons. The van der Waals surface area contributed by atoms with Crippen molar-refractivity contribution in [3.8, 4) is 0 Å². The molecule has 1 amide bonds. The van der Waals surface area contributed by atoms with Crippen molar-refractivity contribution in [3.63, 3.8) is 0 Å². The van der Waals surface area contributed by atoms with Gasteiger partial charge in [0.05, 0.1) is 5.56 Å². The summed E-state index contributed by atoms with van der Waals surface area (Å²) in [5.41, 5.74) is 1.04. The Morgan fingerprint density at radius 1 is 1.29 bits per heavy atom. The van der Waals surface area contributed by atoms with Gasteiger partial charge in [-0.05, 0) is 18.6 Å². The van der Waals surface area contributed by atoms with E-state index in [9.17, 15) is 9.18 Å². The number of hydrogen-bond donors (Lipinski definition) is 1. The Hall–Kier alpha value is -2.43. The molecule has 0 aliphatic carbocycles. The van der Waals surface area contributed by atoms with E-state index in [1.165, 1.54) is 12.3 Å². The molecule has 0 aliphatic heterocycles. The predicted octanol–water partition coefficient (Wildman–Crippen LogP) is 2.92. The highest BCUT2D eigenvalue weighted by Crippen LogP contribution is 2.17. The van der Waals surface area contributed by atoms with Crippen molar-refractivity contribution in [2.24, 2.45) is 0 Å². The van der Waals surface area contributed by atoms with Crippen molar-refractivity contribution < 1.29 is 9.18 Å². The van der Waals surface area contributed by atoms with Crippen LogP contribution >= 0.6 is 0 Å². The fraction of sp³-hybridized carbons (Fsp3) is 0.250. The van der Waals surface area contributed by atoms with Crippen LogP contribution < -0.4 is 5.32 Å². The highest BCUT2D eigenvalue weighted by Gasteiger charge is 2.20. The quantitative estimate of drug-likeness (QED) is 0.919. The number of carbonyl (C=O) groups excluding carboxylic acids is 1. The van der Waals surface area contributed by atoms with Crippen molar-refractivity contribution in [3.05, 3.63) is 59.5 Å². The zero-order valence-electron chi connectivity index (χ0n) is 12.1. The van der Waals surface area contributed by atoms with Gasteiger partial charge in [0.1, 0.15) is 0 Å². The molecule has 110 valence electrons. The van der Waals surface area contributed by atoms with E-state index in [0.717, 1.165) is 5.56 Å². The van der Waals surface area contributed by atoms with Gasteiger partial charge in [0, 0.05) is 26.3 Å². The number of hydrogen-bond acceptors (Lipinski definition) is 3. The molecule has 0 spiro atoms. The first-order chi connectivity index (χ1) is 10.2. The molecular formula is C16H18FN3O. The van der Waals surface area contributed by atoms with Crippen molar-refractivity contribution >= 4 is 11.7 Å². The molecule has 0 saturated carbocycles. The van der Waals surface area contributed by atoms with Gasteiger partial charge in [-0.15, -0.1) is 0 Å². The number of amides is 1. The maximum Gasteiger partial charge on any atom is 0.257 e. The third kappa shape index (κ3) is 3.37. The van der Waals surface area contributed by atoms with Gasteiger partial charge in [-0.25, -0.2) is 9.37 Å². The molecule has 0 aliphatic rings. The van der Waals surface area contributed by atoms with Gasteiger partial charge in [-0.2, -0.15) is 0 Å². The Bertz CT molecular complexity index is 616. The average molecular weight is 287 g/mol. The summed E-state index contributed by atoms with van der Waals surface area (Å²) in [4.78, 5) is 18.0. The van der Waals surface area contributed by atoms with Crippen LogP contribution in [0.15, 0.2) is 42.6 Å². The Morgan fingerprint density at radius 3 is 2.62 bits per heavy atom. The first-order valence-corrected chi connectivity index (χ1v) is 6.82. The van der Waals surface area contributed by atoms with Crippen LogP contribution in [0.3, 0.4) is 0 Å². The van der Waals surface area contributed by atoms with Crippen LogP contribution in [-0.2, 0) is 6.54 Å². The molecule has 2 rings (SSSR count). The minimum atomic E-state index is -0.614. The van der Waals surface area contributed by atoms with E-state index in [1.807, 2.05) is 37.3 Å².